The first-order chi connectivity index (χ1) is 11.0. The Balaban J connectivity index is 1.77. The van der Waals surface area contributed by atoms with Gasteiger partial charge >= 0.3 is 12.0 Å². The minimum atomic E-state index is -1.05. The number of urea groups is 1. The number of furan rings is 1. The molecule has 0 radical (unpaired) electrons. The summed E-state index contributed by atoms with van der Waals surface area (Å²) in [6.07, 6.45) is 0. The van der Waals surface area contributed by atoms with Gasteiger partial charge in [-0.3, -0.25) is 5.32 Å². The third-order valence-electron chi connectivity index (χ3n) is 3.44. The van der Waals surface area contributed by atoms with Crippen molar-refractivity contribution in [2.45, 2.75) is 6.92 Å². The summed E-state index contributed by atoms with van der Waals surface area (Å²) in [5.74, 6) is -0.694. The van der Waals surface area contributed by atoms with Crippen LogP contribution < -0.4 is 10.6 Å². The molecule has 0 fully saturated rings. The van der Waals surface area contributed by atoms with Crippen LogP contribution in [0, 0.1) is 6.92 Å². The number of carboxylic acids is 1. The predicted molar refractivity (Wildman–Crippen MR) is 87.0 cm³/mol. The van der Waals surface area contributed by atoms with Crippen molar-refractivity contribution in [3.8, 4) is 0 Å². The van der Waals surface area contributed by atoms with E-state index in [0.717, 1.165) is 10.9 Å². The summed E-state index contributed by atoms with van der Waals surface area (Å²) in [4.78, 5) is 23.0. The highest BCUT2D eigenvalue weighted by molar-refractivity contribution is 6.02. The fourth-order valence-electron chi connectivity index (χ4n) is 2.29. The number of amides is 2. The molecular formula is C17H14N2O4. The number of anilines is 2. The van der Waals surface area contributed by atoms with Crippen molar-refractivity contribution in [1.29, 1.82) is 0 Å². The number of rotatable bonds is 3. The maximum atomic E-state index is 12.1. The number of hydrogen-bond donors (Lipinski definition) is 3. The number of carbonyl (C=O) groups is 2. The third-order valence-corrected chi connectivity index (χ3v) is 3.44. The van der Waals surface area contributed by atoms with Crippen molar-refractivity contribution in [2.75, 3.05) is 10.6 Å². The lowest BCUT2D eigenvalue weighted by Crippen LogP contribution is -2.19. The summed E-state index contributed by atoms with van der Waals surface area (Å²) >= 11 is 0. The molecule has 116 valence electrons. The molecule has 0 saturated carbocycles. The minimum absolute atomic E-state index is 0.0997. The zero-order valence-electron chi connectivity index (χ0n) is 12.3. The van der Waals surface area contributed by atoms with E-state index in [1.54, 1.807) is 12.1 Å². The van der Waals surface area contributed by atoms with E-state index >= 15 is 0 Å². The maximum absolute atomic E-state index is 12.1. The molecule has 0 unspecified atom stereocenters. The molecule has 3 N–H and O–H groups in total. The number of carboxylic acid groups (broad SMARTS) is 1. The number of benzene rings is 2. The Morgan fingerprint density at radius 2 is 1.83 bits per heavy atom. The summed E-state index contributed by atoms with van der Waals surface area (Å²) in [6, 6.07) is 13.0. The third kappa shape index (κ3) is 3.01. The van der Waals surface area contributed by atoms with E-state index in [0.29, 0.717) is 17.2 Å². The summed E-state index contributed by atoms with van der Waals surface area (Å²) in [5, 5.41) is 15.1. The Morgan fingerprint density at radius 1 is 1.04 bits per heavy atom. The highest BCUT2D eigenvalue weighted by Gasteiger charge is 2.13. The SMILES string of the molecule is Cc1c(NC(=O)Nc2cccc(C(=O)O)c2)oc2ccccc12. The van der Waals surface area contributed by atoms with Gasteiger partial charge in [-0.25, -0.2) is 9.59 Å². The lowest BCUT2D eigenvalue weighted by Gasteiger charge is -2.07. The Hall–Kier alpha value is -3.28. The second kappa shape index (κ2) is 5.84. The van der Waals surface area contributed by atoms with Crippen LogP contribution in [0.4, 0.5) is 16.4 Å². The molecule has 6 heteroatoms. The molecule has 0 spiro atoms. The number of nitrogens with one attached hydrogen (secondary N) is 2. The zero-order chi connectivity index (χ0) is 16.4. The lowest BCUT2D eigenvalue weighted by molar-refractivity contribution is 0.0697. The number of aryl methyl sites for hydroxylation is 1. The summed E-state index contributed by atoms with van der Waals surface area (Å²) in [5.41, 5.74) is 2.00. The minimum Gasteiger partial charge on any atom is -0.478 e. The molecule has 0 aliphatic rings. The Labute approximate surface area is 131 Å². The van der Waals surface area contributed by atoms with Crippen LogP contribution in [0.3, 0.4) is 0 Å². The highest BCUT2D eigenvalue weighted by atomic mass is 16.4. The van der Waals surface area contributed by atoms with E-state index in [-0.39, 0.29) is 5.56 Å². The second-order valence-electron chi connectivity index (χ2n) is 5.02. The summed E-state index contributed by atoms with van der Waals surface area (Å²) in [7, 11) is 0. The number of fused-ring (bicyclic) bond motifs is 1. The smallest absolute Gasteiger partial charge is 0.335 e. The molecule has 0 atom stereocenters. The average molecular weight is 310 g/mol. The van der Waals surface area contributed by atoms with Crippen molar-refractivity contribution in [1.82, 2.24) is 0 Å². The molecule has 2 aromatic carbocycles. The van der Waals surface area contributed by atoms with Gasteiger partial charge in [0.25, 0.3) is 0 Å². The largest absolute Gasteiger partial charge is 0.478 e. The molecule has 0 aliphatic heterocycles. The van der Waals surface area contributed by atoms with Crippen molar-refractivity contribution < 1.29 is 19.1 Å². The first-order valence-electron chi connectivity index (χ1n) is 6.94. The molecular weight excluding hydrogens is 296 g/mol. The highest BCUT2D eigenvalue weighted by Crippen LogP contribution is 2.28. The van der Waals surface area contributed by atoms with Gasteiger partial charge in [0.1, 0.15) is 5.58 Å². The molecule has 1 aromatic heterocycles. The van der Waals surface area contributed by atoms with E-state index in [1.165, 1.54) is 12.1 Å². The fourth-order valence-corrected chi connectivity index (χ4v) is 2.29. The standard InChI is InChI=1S/C17H14N2O4/c1-10-13-7-2-3-8-14(13)23-15(10)19-17(22)18-12-6-4-5-11(9-12)16(20)21/h2-9H,1H3,(H,20,21)(H2,18,19,22). The maximum Gasteiger partial charge on any atom is 0.335 e. The van der Waals surface area contributed by atoms with Crippen LogP contribution in [-0.4, -0.2) is 17.1 Å². The number of para-hydroxylation sites is 1. The molecule has 3 rings (SSSR count). The first-order valence-corrected chi connectivity index (χ1v) is 6.94. The van der Waals surface area contributed by atoms with Gasteiger partial charge in [0.15, 0.2) is 0 Å². The van der Waals surface area contributed by atoms with Gasteiger partial charge in [-0.1, -0.05) is 24.3 Å². The average Bonchev–Trinajstić information content (AvgIpc) is 2.84. The topological polar surface area (TPSA) is 91.6 Å². The van der Waals surface area contributed by atoms with Crippen molar-refractivity contribution in [3.05, 3.63) is 59.7 Å². The van der Waals surface area contributed by atoms with Gasteiger partial charge in [0.05, 0.1) is 5.56 Å². The quantitative estimate of drug-likeness (QED) is 0.679. The van der Waals surface area contributed by atoms with Crippen LogP contribution in [-0.2, 0) is 0 Å². The van der Waals surface area contributed by atoms with Crippen LogP contribution in [0.25, 0.3) is 11.0 Å². The molecule has 0 saturated heterocycles. The molecule has 23 heavy (non-hydrogen) atoms. The second-order valence-corrected chi connectivity index (χ2v) is 5.02. The van der Waals surface area contributed by atoms with Crippen LogP contribution >= 0.6 is 0 Å². The molecule has 3 aromatic rings. The van der Waals surface area contributed by atoms with Gasteiger partial charge < -0.3 is 14.8 Å². The number of hydrogen-bond acceptors (Lipinski definition) is 3. The van der Waals surface area contributed by atoms with Gasteiger partial charge in [0.2, 0.25) is 5.88 Å². The molecule has 2 amide bonds. The van der Waals surface area contributed by atoms with Gasteiger partial charge in [0, 0.05) is 16.6 Å². The van der Waals surface area contributed by atoms with E-state index in [9.17, 15) is 9.59 Å². The lowest BCUT2D eigenvalue weighted by atomic mass is 10.2. The van der Waals surface area contributed by atoms with E-state index in [1.807, 2.05) is 31.2 Å². The van der Waals surface area contributed by atoms with Crippen LogP contribution in [0.5, 0.6) is 0 Å². The summed E-state index contributed by atoms with van der Waals surface area (Å²) in [6.45, 7) is 1.85. The van der Waals surface area contributed by atoms with Gasteiger partial charge in [-0.05, 0) is 31.2 Å². The first kappa shape index (κ1) is 14.6. The van der Waals surface area contributed by atoms with E-state index < -0.39 is 12.0 Å². The predicted octanol–water partition coefficient (Wildman–Crippen LogP) is 4.08. The van der Waals surface area contributed by atoms with Crippen molar-refractivity contribution in [3.63, 3.8) is 0 Å². The molecule has 0 aliphatic carbocycles. The fraction of sp³-hybridized carbons (Fsp3) is 0.0588. The molecule has 6 nitrogen and oxygen atoms in total. The van der Waals surface area contributed by atoms with Crippen LogP contribution in [0.2, 0.25) is 0 Å². The summed E-state index contributed by atoms with van der Waals surface area (Å²) < 4.78 is 5.60. The van der Waals surface area contributed by atoms with E-state index in [4.69, 9.17) is 9.52 Å². The zero-order valence-corrected chi connectivity index (χ0v) is 12.3. The normalized spacial score (nSPS) is 10.5. The number of carbonyl (C=O) groups excluding carboxylic acids is 1. The van der Waals surface area contributed by atoms with Gasteiger partial charge in [-0.2, -0.15) is 0 Å². The molecule has 0 bridgehead atoms. The Morgan fingerprint density at radius 3 is 2.57 bits per heavy atom. The monoisotopic (exact) mass is 310 g/mol. The Bertz CT molecular complexity index is 898. The van der Waals surface area contributed by atoms with Crippen molar-refractivity contribution in [2.24, 2.45) is 0 Å². The van der Waals surface area contributed by atoms with Crippen molar-refractivity contribution >= 4 is 34.5 Å². The van der Waals surface area contributed by atoms with Crippen LogP contribution in [0.1, 0.15) is 15.9 Å². The van der Waals surface area contributed by atoms with Gasteiger partial charge in [-0.15, -0.1) is 0 Å². The number of aromatic carboxylic acids is 1. The Kier molecular flexibility index (Phi) is 3.72. The van der Waals surface area contributed by atoms with Crippen LogP contribution in [0.15, 0.2) is 52.9 Å². The van der Waals surface area contributed by atoms with E-state index in [2.05, 4.69) is 10.6 Å². The molecule has 1 heterocycles.